The third-order valence-electron chi connectivity index (χ3n) is 3.11. The molecule has 0 unspecified atom stereocenters. The highest BCUT2D eigenvalue weighted by molar-refractivity contribution is 4.80. The molecule has 0 spiro atoms. The van der Waals surface area contributed by atoms with E-state index < -0.39 is 0 Å². The Kier molecular flexibility index (Phi) is 2.86. The second-order valence-electron chi connectivity index (χ2n) is 4.51. The predicted molar refractivity (Wildman–Crippen MR) is 50.8 cm³/mol. The molecule has 0 radical (unpaired) electrons. The summed E-state index contributed by atoms with van der Waals surface area (Å²) in [5.74, 6) is 0. The molecule has 0 aromatic rings. The summed E-state index contributed by atoms with van der Waals surface area (Å²) in [5.41, 5.74) is 0.369. The average molecular weight is 185 g/mol. The van der Waals surface area contributed by atoms with Crippen LogP contribution in [0.4, 0.5) is 0 Å². The van der Waals surface area contributed by atoms with E-state index in [-0.39, 0.29) is 0 Å². The molecule has 0 aliphatic carbocycles. The van der Waals surface area contributed by atoms with Gasteiger partial charge in [0.05, 0.1) is 12.7 Å². The van der Waals surface area contributed by atoms with E-state index in [1.54, 1.807) is 0 Å². The van der Waals surface area contributed by atoms with Crippen LogP contribution in [0.1, 0.15) is 19.8 Å². The lowest BCUT2D eigenvalue weighted by Gasteiger charge is -2.36. The number of hydrogen-bond acceptors (Lipinski definition) is 3. The molecule has 2 aliphatic heterocycles. The standard InChI is InChI=1S/C10H19NO2/c1-10(2-4-12-5-3-10)8-13-9-6-11-7-9/h9,11H,2-8H2,1H3. The Hall–Kier alpha value is -0.120. The van der Waals surface area contributed by atoms with Crippen LogP contribution >= 0.6 is 0 Å². The van der Waals surface area contributed by atoms with E-state index in [1.807, 2.05) is 0 Å². The minimum Gasteiger partial charge on any atom is -0.381 e. The van der Waals surface area contributed by atoms with E-state index in [0.29, 0.717) is 11.5 Å². The van der Waals surface area contributed by atoms with Gasteiger partial charge in [-0.2, -0.15) is 0 Å². The first kappa shape index (κ1) is 9.44. The Bertz CT molecular complexity index is 162. The van der Waals surface area contributed by atoms with Crippen LogP contribution in [0.5, 0.6) is 0 Å². The van der Waals surface area contributed by atoms with Crippen LogP contribution in [0.15, 0.2) is 0 Å². The molecule has 0 aromatic carbocycles. The Balaban J connectivity index is 1.71. The van der Waals surface area contributed by atoms with Crippen molar-refractivity contribution in [3.63, 3.8) is 0 Å². The van der Waals surface area contributed by atoms with Crippen LogP contribution in [-0.2, 0) is 9.47 Å². The van der Waals surface area contributed by atoms with Gasteiger partial charge in [0.1, 0.15) is 0 Å². The first-order valence-corrected chi connectivity index (χ1v) is 5.19. The highest BCUT2D eigenvalue weighted by atomic mass is 16.5. The molecule has 2 rings (SSSR count). The van der Waals surface area contributed by atoms with E-state index in [0.717, 1.165) is 45.8 Å². The third-order valence-corrected chi connectivity index (χ3v) is 3.11. The maximum atomic E-state index is 5.80. The molecule has 2 saturated heterocycles. The van der Waals surface area contributed by atoms with Crippen LogP contribution in [0, 0.1) is 5.41 Å². The molecule has 76 valence electrons. The number of hydrogen-bond donors (Lipinski definition) is 1. The van der Waals surface area contributed by atoms with Crippen LogP contribution in [0.25, 0.3) is 0 Å². The predicted octanol–water partition coefficient (Wildman–Crippen LogP) is 0.791. The van der Waals surface area contributed by atoms with Gasteiger partial charge < -0.3 is 14.8 Å². The van der Waals surface area contributed by atoms with E-state index in [9.17, 15) is 0 Å². The lowest BCUT2D eigenvalue weighted by atomic mass is 9.83. The van der Waals surface area contributed by atoms with Gasteiger partial charge in [0.15, 0.2) is 0 Å². The second kappa shape index (κ2) is 3.95. The van der Waals surface area contributed by atoms with E-state index in [4.69, 9.17) is 9.47 Å². The van der Waals surface area contributed by atoms with Gasteiger partial charge in [0.2, 0.25) is 0 Å². The Morgan fingerprint density at radius 3 is 2.62 bits per heavy atom. The normalized spacial score (nSPS) is 28.4. The highest BCUT2D eigenvalue weighted by Gasteiger charge is 2.29. The molecule has 13 heavy (non-hydrogen) atoms. The SMILES string of the molecule is CC1(COC2CNC2)CCOCC1. The molecule has 2 fully saturated rings. The summed E-state index contributed by atoms with van der Waals surface area (Å²) in [4.78, 5) is 0. The first-order chi connectivity index (χ1) is 6.29. The van der Waals surface area contributed by atoms with Crippen molar-refractivity contribution in [3.05, 3.63) is 0 Å². The fourth-order valence-electron chi connectivity index (χ4n) is 1.71. The topological polar surface area (TPSA) is 30.5 Å². The van der Waals surface area contributed by atoms with Crippen LogP contribution in [0.3, 0.4) is 0 Å². The molecule has 3 heteroatoms. The molecule has 3 nitrogen and oxygen atoms in total. The van der Waals surface area contributed by atoms with E-state index in [1.165, 1.54) is 0 Å². The van der Waals surface area contributed by atoms with Crippen molar-refractivity contribution >= 4 is 0 Å². The molecular formula is C10H19NO2. The van der Waals surface area contributed by atoms with Gasteiger partial charge in [0, 0.05) is 26.3 Å². The Labute approximate surface area is 79.8 Å². The largest absolute Gasteiger partial charge is 0.381 e. The van der Waals surface area contributed by atoms with Gasteiger partial charge >= 0.3 is 0 Å². The summed E-state index contributed by atoms with van der Waals surface area (Å²) >= 11 is 0. The van der Waals surface area contributed by atoms with Crippen molar-refractivity contribution in [1.29, 1.82) is 0 Å². The number of ether oxygens (including phenoxy) is 2. The van der Waals surface area contributed by atoms with Crippen LogP contribution in [-0.4, -0.2) is 39.0 Å². The summed E-state index contributed by atoms with van der Waals surface area (Å²) in [6.45, 7) is 7.09. The zero-order valence-corrected chi connectivity index (χ0v) is 8.34. The van der Waals surface area contributed by atoms with Crippen molar-refractivity contribution in [2.75, 3.05) is 32.9 Å². The Morgan fingerprint density at radius 1 is 1.38 bits per heavy atom. The van der Waals surface area contributed by atoms with Gasteiger partial charge in [-0.25, -0.2) is 0 Å². The summed E-state index contributed by atoms with van der Waals surface area (Å²) in [6.07, 6.45) is 2.76. The van der Waals surface area contributed by atoms with Crippen LogP contribution < -0.4 is 5.32 Å². The quantitative estimate of drug-likeness (QED) is 0.705. The smallest absolute Gasteiger partial charge is 0.0823 e. The number of nitrogens with one attached hydrogen (secondary N) is 1. The van der Waals surface area contributed by atoms with E-state index >= 15 is 0 Å². The fourth-order valence-corrected chi connectivity index (χ4v) is 1.71. The lowest BCUT2D eigenvalue weighted by Crippen LogP contribution is -2.50. The van der Waals surface area contributed by atoms with Crippen molar-refractivity contribution in [2.24, 2.45) is 5.41 Å². The third kappa shape index (κ3) is 2.42. The average Bonchev–Trinajstić information content (AvgIpc) is 2.02. The number of rotatable bonds is 3. The van der Waals surface area contributed by atoms with Crippen molar-refractivity contribution in [3.8, 4) is 0 Å². The maximum absolute atomic E-state index is 5.80. The second-order valence-corrected chi connectivity index (χ2v) is 4.51. The molecule has 0 amide bonds. The minimum absolute atomic E-state index is 0.369. The van der Waals surface area contributed by atoms with Gasteiger partial charge in [-0.05, 0) is 18.3 Å². The highest BCUT2D eigenvalue weighted by Crippen LogP contribution is 2.30. The first-order valence-electron chi connectivity index (χ1n) is 5.19. The van der Waals surface area contributed by atoms with Crippen molar-refractivity contribution in [2.45, 2.75) is 25.9 Å². The van der Waals surface area contributed by atoms with Gasteiger partial charge in [-0.1, -0.05) is 6.92 Å². The van der Waals surface area contributed by atoms with Crippen molar-refractivity contribution < 1.29 is 9.47 Å². The van der Waals surface area contributed by atoms with Crippen molar-refractivity contribution in [1.82, 2.24) is 5.32 Å². The van der Waals surface area contributed by atoms with Gasteiger partial charge in [-0.15, -0.1) is 0 Å². The molecule has 0 aromatic heterocycles. The molecule has 1 N–H and O–H groups in total. The molecule has 0 bridgehead atoms. The summed E-state index contributed by atoms with van der Waals surface area (Å²) in [7, 11) is 0. The van der Waals surface area contributed by atoms with Crippen LogP contribution in [0.2, 0.25) is 0 Å². The Morgan fingerprint density at radius 2 is 2.08 bits per heavy atom. The van der Waals surface area contributed by atoms with E-state index in [2.05, 4.69) is 12.2 Å². The summed E-state index contributed by atoms with van der Waals surface area (Å²) in [6, 6.07) is 0. The van der Waals surface area contributed by atoms with Gasteiger partial charge in [0.25, 0.3) is 0 Å². The molecule has 2 aliphatic rings. The molecule has 2 heterocycles. The molecular weight excluding hydrogens is 166 g/mol. The lowest BCUT2D eigenvalue weighted by molar-refractivity contribution is -0.0667. The monoisotopic (exact) mass is 185 g/mol. The fraction of sp³-hybridized carbons (Fsp3) is 1.00. The minimum atomic E-state index is 0.369. The molecule has 0 saturated carbocycles. The zero-order valence-electron chi connectivity index (χ0n) is 8.34. The molecule has 0 atom stereocenters. The summed E-state index contributed by atoms with van der Waals surface area (Å²) < 4.78 is 11.1. The zero-order chi connectivity index (χ0) is 9.15. The maximum Gasteiger partial charge on any atom is 0.0823 e. The van der Waals surface area contributed by atoms with Gasteiger partial charge in [-0.3, -0.25) is 0 Å². The summed E-state index contributed by atoms with van der Waals surface area (Å²) in [5, 5.41) is 3.21.